The number of aromatic nitrogens is 3. The zero-order valence-corrected chi connectivity index (χ0v) is 14.2. The van der Waals surface area contributed by atoms with Crippen molar-refractivity contribution >= 4 is 11.0 Å². The number of imidazole rings is 1. The second kappa shape index (κ2) is 6.90. The molecule has 0 N–H and O–H groups in total. The van der Waals surface area contributed by atoms with E-state index in [1.165, 1.54) is 12.0 Å². The van der Waals surface area contributed by atoms with Gasteiger partial charge in [0.2, 0.25) is 0 Å². The van der Waals surface area contributed by atoms with Crippen molar-refractivity contribution in [1.82, 2.24) is 14.1 Å². The Balaban J connectivity index is 1.99. The number of hydrogen-bond donors (Lipinski definition) is 0. The summed E-state index contributed by atoms with van der Waals surface area (Å²) in [5.41, 5.74) is 3.57. The largest absolute Gasteiger partial charge is 0.497 e. The zero-order chi connectivity index (χ0) is 16.2. The number of nitrogens with zero attached hydrogens (tertiary/aromatic N) is 3. The van der Waals surface area contributed by atoms with Gasteiger partial charge in [0, 0.05) is 24.9 Å². The summed E-state index contributed by atoms with van der Waals surface area (Å²) in [6.45, 7) is 5.20. The topological polar surface area (TPSA) is 32.0 Å². The quantitative estimate of drug-likeness (QED) is 0.653. The van der Waals surface area contributed by atoms with Crippen LogP contribution in [0.15, 0.2) is 36.7 Å². The molecule has 2 heterocycles. The summed E-state index contributed by atoms with van der Waals surface area (Å²) in [6, 6.07) is 8.31. The maximum Gasteiger partial charge on any atom is 0.121 e. The van der Waals surface area contributed by atoms with E-state index in [9.17, 15) is 0 Å². The molecular formula is C19H25N3O. The van der Waals surface area contributed by atoms with Gasteiger partial charge in [0.05, 0.1) is 18.1 Å². The molecule has 3 aromatic rings. The fourth-order valence-electron chi connectivity index (χ4n) is 3.03. The first kappa shape index (κ1) is 15.7. The lowest BCUT2D eigenvalue weighted by Gasteiger charge is -2.10. The van der Waals surface area contributed by atoms with E-state index >= 15 is 0 Å². The maximum absolute atomic E-state index is 5.38. The van der Waals surface area contributed by atoms with Gasteiger partial charge in [0.1, 0.15) is 18.2 Å². The van der Waals surface area contributed by atoms with Crippen molar-refractivity contribution in [3.63, 3.8) is 0 Å². The minimum absolute atomic E-state index is 0.794. The third-order valence-corrected chi connectivity index (χ3v) is 4.16. The Kier molecular flexibility index (Phi) is 4.70. The monoisotopic (exact) mass is 311 g/mol. The summed E-state index contributed by atoms with van der Waals surface area (Å²) < 4.78 is 9.93. The predicted octanol–water partition coefficient (Wildman–Crippen LogP) is 4.26. The lowest BCUT2D eigenvalue weighted by Crippen LogP contribution is -2.10. The van der Waals surface area contributed by atoms with Crippen LogP contribution in [0.25, 0.3) is 11.0 Å². The highest BCUT2D eigenvalue weighted by Crippen LogP contribution is 2.23. The molecule has 0 bridgehead atoms. The molecule has 0 unspecified atom stereocenters. The number of aryl methyl sites for hydroxylation is 2. The number of rotatable bonds is 7. The van der Waals surface area contributed by atoms with Gasteiger partial charge in [-0.1, -0.05) is 20.3 Å². The fraction of sp³-hybridized carbons (Fsp3) is 0.421. The van der Waals surface area contributed by atoms with Gasteiger partial charge in [-0.05, 0) is 36.6 Å². The average molecular weight is 311 g/mol. The van der Waals surface area contributed by atoms with Crippen LogP contribution in [-0.2, 0) is 19.5 Å². The van der Waals surface area contributed by atoms with Crippen molar-refractivity contribution in [2.24, 2.45) is 0 Å². The number of benzene rings is 1. The first-order valence-electron chi connectivity index (χ1n) is 8.43. The van der Waals surface area contributed by atoms with Crippen molar-refractivity contribution < 1.29 is 4.74 Å². The van der Waals surface area contributed by atoms with Gasteiger partial charge in [-0.25, -0.2) is 4.98 Å². The molecule has 0 spiro atoms. The SMILES string of the molecule is CCCc1ccn(Cn2c(CCC)nc3ccc(OC)cc32)c1. The van der Waals surface area contributed by atoms with Crippen LogP contribution in [0, 0.1) is 0 Å². The molecule has 122 valence electrons. The molecular weight excluding hydrogens is 286 g/mol. The van der Waals surface area contributed by atoms with Gasteiger partial charge in [0.25, 0.3) is 0 Å². The summed E-state index contributed by atoms with van der Waals surface area (Å²) >= 11 is 0. The van der Waals surface area contributed by atoms with E-state index in [4.69, 9.17) is 9.72 Å². The zero-order valence-electron chi connectivity index (χ0n) is 14.2. The fourth-order valence-corrected chi connectivity index (χ4v) is 3.03. The summed E-state index contributed by atoms with van der Waals surface area (Å²) in [6.07, 6.45) is 8.79. The van der Waals surface area contributed by atoms with E-state index < -0.39 is 0 Å². The Morgan fingerprint density at radius 2 is 1.91 bits per heavy atom. The van der Waals surface area contributed by atoms with Crippen LogP contribution in [0.2, 0.25) is 0 Å². The molecule has 0 aliphatic rings. The van der Waals surface area contributed by atoms with Gasteiger partial charge in [-0.15, -0.1) is 0 Å². The highest BCUT2D eigenvalue weighted by Gasteiger charge is 2.11. The molecule has 1 aromatic carbocycles. The van der Waals surface area contributed by atoms with Crippen LogP contribution < -0.4 is 4.74 Å². The molecule has 0 aliphatic heterocycles. The molecule has 0 atom stereocenters. The Morgan fingerprint density at radius 3 is 2.65 bits per heavy atom. The molecule has 0 aliphatic carbocycles. The number of methoxy groups -OCH3 is 1. The van der Waals surface area contributed by atoms with E-state index in [-0.39, 0.29) is 0 Å². The van der Waals surface area contributed by atoms with E-state index in [0.717, 1.165) is 48.5 Å². The van der Waals surface area contributed by atoms with E-state index in [1.807, 2.05) is 12.1 Å². The normalized spacial score (nSPS) is 11.3. The molecule has 0 radical (unpaired) electrons. The van der Waals surface area contributed by atoms with Gasteiger partial charge < -0.3 is 13.9 Å². The minimum atomic E-state index is 0.794. The summed E-state index contributed by atoms with van der Waals surface area (Å²) in [7, 11) is 1.71. The number of fused-ring (bicyclic) bond motifs is 1. The Bertz CT molecular complexity index is 785. The maximum atomic E-state index is 5.38. The number of hydrogen-bond acceptors (Lipinski definition) is 2. The first-order valence-corrected chi connectivity index (χ1v) is 8.43. The number of ether oxygens (including phenoxy) is 1. The molecule has 4 heteroatoms. The lowest BCUT2D eigenvalue weighted by molar-refractivity contribution is 0.415. The second-order valence-corrected chi connectivity index (χ2v) is 5.99. The standard InChI is InChI=1S/C19H25N3O/c1-4-6-15-10-11-21(13-15)14-22-18-12-16(23-3)8-9-17(18)20-19(22)7-5-2/h8-13H,4-7,14H2,1-3H3. The van der Waals surface area contributed by atoms with Crippen molar-refractivity contribution in [1.29, 1.82) is 0 Å². The van der Waals surface area contributed by atoms with E-state index in [1.54, 1.807) is 7.11 Å². The first-order chi connectivity index (χ1) is 11.2. The summed E-state index contributed by atoms with van der Waals surface area (Å²) in [5, 5.41) is 0. The Morgan fingerprint density at radius 1 is 1.09 bits per heavy atom. The highest BCUT2D eigenvalue weighted by atomic mass is 16.5. The average Bonchev–Trinajstić information content (AvgIpc) is 3.13. The molecule has 0 amide bonds. The Labute approximate surface area is 137 Å². The third-order valence-electron chi connectivity index (χ3n) is 4.16. The van der Waals surface area contributed by atoms with Gasteiger partial charge in [0.15, 0.2) is 0 Å². The Hall–Kier alpha value is -2.23. The van der Waals surface area contributed by atoms with Crippen molar-refractivity contribution in [2.75, 3.05) is 7.11 Å². The van der Waals surface area contributed by atoms with E-state index in [0.29, 0.717) is 0 Å². The molecule has 0 saturated heterocycles. The summed E-state index contributed by atoms with van der Waals surface area (Å²) in [5.74, 6) is 2.02. The van der Waals surface area contributed by atoms with E-state index in [2.05, 4.69) is 47.5 Å². The molecule has 4 nitrogen and oxygen atoms in total. The third kappa shape index (κ3) is 3.26. The highest BCUT2D eigenvalue weighted by molar-refractivity contribution is 5.77. The van der Waals surface area contributed by atoms with Crippen LogP contribution in [0.5, 0.6) is 5.75 Å². The van der Waals surface area contributed by atoms with Crippen LogP contribution >= 0.6 is 0 Å². The smallest absolute Gasteiger partial charge is 0.121 e. The van der Waals surface area contributed by atoms with Crippen molar-refractivity contribution in [2.45, 2.75) is 46.2 Å². The van der Waals surface area contributed by atoms with Gasteiger partial charge >= 0.3 is 0 Å². The van der Waals surface area contributed by atoms with Crippen LogP contribution in [0.3, 0.4) is 0 Å². The molecule has 0 saturated carbocycles. The van der Waals surface area contributed by atoms with Gasteiger partial charge in [-0.3, -0.25) is 0 Å². The predicted molar refractivity (Wildman–Crippen MR) is 94.1 cm³/mol. The molecule has 23 heavy (non-hydrogen) atoms. The van der Waals surface area contributed by atoms with Crippen molar-refractivity contribution in [3.05, 3.63) is 48.0 Å². The lowest BCUT2D eigenvalue weighted by atomic mass is 10.2. The second-order valence-electron chi connectivity index (χ2n) is 5.99. The van der Waals surface area contributed by atoms with Crippen LogP contribution in [0.4, 0.5) is 0 Å². The summed E-state index contributed by atoms with van der Waals surface area (Å²) in [4.78, 5) is 4.81. The van der Waals surface area contributed by atoms with Gasteiger partial charge in [-0.2, -0.15) is 0 Å². The van der Waals surface area contributed by atoms with Crippen LogP contribution in [0.1, 0.15) is 38.1 Å². The minimum Gasteiger partial charge on any atom is -0.497 e. The molecule has 0 fully saturated rings. The molecule has 2 aromatic heterocycles. The van der Waals surface area contributed by atoms with Crippen molar-refractivity contribution in [3.8, 4) is 5.75 Å². The molecule has 3 rings (SSSR count). The van der Waals surface area contributed by atoms with Crippen LogP contribution in [-0.4, -0.2) is 21.2 Å².